The molecule has 0 bridgehead atoms. The second kappa shape index (κ2) is 9.57. The normalized spacial score (nSPS) is 10.2. The van der Waals surface area contributed by atoms with Gasteiger partial charge >= 0.3 is 0 Å². The van der Waals surface area contributed by atoms with Gasteiger partial charge in [-0.3, -0.25) is 4.79 Å². The lowest BCUT2D eigenvalue weighted by atomic mass is 10.1. The molecule has 134 valence electrons. The lowest BCUT2D eigenvalue weighted by Crippen LogP contribution is -2.24. The summed E-state index contributed by atoms with van der Waals surface area (Å²) >= 11 is 0. The van der Waals surface area contributed by atoms with Crippen molar-refractivity contribution in [3.8, 4) is 17.2 Å². The van der Waals surface area contributed by atoms with Gasteiger partial charge < -0.3 is 19.5 Å². The Morgan fingerprint density at radius 1 is 1.00 bits per heavy atom. The molecule has 5 nitrogen and oxygen atoms in total. The van der Waals surface area contributed by atoms with Gasteiger partial charge in [0.15, 0.2) is 11.5 Å². The van der Waals surface area contributed by atoms with Gasteiger partial charge in [-0.1, -0.05) is 31.2 Å². The van der Waals surface area contributed by atoms with E-state index in [0.29, 0.717) is 24.7 Å². The zero-order valence-electron chi connectivity index (χ0n) is 15.0. The van der Waals surface area contributed by atoms with Crippen molar-refractivity contribution in [1.29, 1.82) is 0 Å². The highest BCUT2D eigenvalue weighted by molar-refractivity contribution is 5.79. The minimum Gasteiger partial charge on any atom is -0.496 e. The number of para-hydroxylation sites is 1. The van der Waals surface area contributed by atoms with Crippen molar-refractivity contribution < 1.29 is 19.0 Å². The van der Waals surface area contributed by atoms with E-state index in [4.69, 9.17) is 14.2 Å². The number of hydrogen-bond donors (Lipinski definition) is 1. The molecule has 0 atom stereocenters. The van der Waals surface area contributed by atoms with E-state index in [1.54, 1.807) is 14.2 Å². The van der Waals surface area contributed by atoms with Crippen LogP contribution in [0.15, 0.2) is 42.5 Å². The van der Waals surface area contributed by atoms with Crippen LogP contribution >= 0.6 is 0 Å². The maximum absolute atomic E-state index is 12.2. The molecular weight excluding hydrogens is 318 g/mol. The van der Waals surface area contributed by atoms with Crippen LogP contribution in [-0.2, 0) is 17.8 Å². The molecule has 2 aromatic carbocycles. The van der Waals surface area contributed by atoms with Crippen molar-refractivity contribution >= 4 is 5.91 Å². The molecule has 0 fully saturated rings. The average Bonchev–Trinajstić information content (AvgIpc) is 2.65. The molecular formula is C20H25NO4. The number of benzene rings is 2. The van der Waals surface area contributed by atoms with Gasteiger partial charge in [0.2, 0.25) is 5.91 Å². The third kappa shape index (κ3) is 5.41. The van der Waals surface area contributed by atoms with Gasteiger partial charge in [-0.15, -0.1) is 0 Å². The Labute approximate surface area is 148 Å². The number of hydrogen-bond acceptors (Lipinski definition) is 4. The van der Waals surface area contributed by atoms with Crippen LogP contribution in [0.4, 0.5) is 0 Å². The Morgan fingerprint density at radius 3 is 2.48 bits per heavy atom. The van der Waals surface area contributed by atoms with Crippen LogP contribution in [0.25, 0.3) is 0 Å². The lowest BCUT2D eigenvalue weighted by molar-refractivity contribution is -0.120. The van der Waals surface area contributed by atoms with Crippen LogP contribution in [0.2, 0.25) is 0 Å². The standard InChI is InChI=1S/C20H25NO4/c1-4-11-25-18-10-9-15(12-19(18)24-3)14-21-20(22)13-16-7-5-6-8-17(16)23-2/h5-10,12H,4,11,13-14H2,1-3H3,(H,21,22). The summed E-state index contributed by atoms with van der Waals surface area (Å²) in [6.45, 7) is 3.13. The number of ether oxygens (including phenoxy) is 3. The molecule has 0 radical (unpaired) electrons. The minimum atomic E-state index is -0.0604. The molecule has 2 aromatic rings. The van der Waals surface area contributed by atoms with Gasteiger partial charge in [0, 0.05) is 12.1 Å². The van der Waals surface area contributed by atoms with E-state index in [1.165, 1.54) is 0 Å². The monoisotopic (exact) mass is 343 g/mol. The Hall–Kier alpha value is -2.69. The molecule has 0 aromatic heterocycles. The molecule has 5 heteroatoms. The van der Waals surface area contributed by atoms with E-state index in [0.717, 1.165) is 23.3 Å². The molecule has 0 saturated carbocycles. The zero-order chi connectivity index (χ0) is 18.1. The summed E-state index contributed by atoms with van der Waals surface area (Å²) in [5.41, 5.74) is 1.82. The van der Waals surface area contributed by atoms with Crippen molar-refractivity contribution in [2.45, 2.75) is 26.3 Å². The second-order valence-electron chi connectivity index (χ2n) is 5.60. The summed E-state index contributed by atoms with van der Waals surface area (Å²) < 4.78 is 16.3. The van der Waals surface area contributed by atoms with Gasteiger partial charge in [-0.2, -0.15) is 0 Å². The maximum Gasteiger partial charge on any atom is 0.224 e. The maximum atomic E-state index is 12.2. The van der Waals surface area contributed by atoms with Crippen molar-refractivity contribution in [2.24, 2.45) is 0 Å². The van der Waals surface area contributed by atoms with Crippen molar-refractivity contribution in [3.05, 3.63) is 53.6 Å². The molecule has 0 aliphatic carbocycles. The predicted octanol–water partition coefficient (Wildman–Crippen LogP) is 3.35. The molecule has 2 rings (SSSR count). The molecule has 0 unspecified atom stereocenters. The summed E-state index contributed by atoms with van der Waals surface area (Å²) in [5, 5.41) is 2.92. The highest BCUT2D eigenvalue weighted by Crippen LogP contribution is 2.28. The Morgan fingerprint density at radius 2 is 1.76 bits per heavy atom. The van der Waals surface area contributed by atoms with Crippen LogP contribution in [0.1, 0.15) is 24.5 Å². The van der Waals surface area contributed by atoms with E-state index >= 15 is 0 Å². The highest BCUT2D eigenvalue weighted by atomic mass is 16.5. The van der Waals surface area contributed by atoms with Crippen molar-refractivity contribution in [1.82, 2.24) is 5.32 Å². The summed E-state index contributed by atoms with van der Waals surface area (Å²) in [4.78, 5) is 12.2. The van der Waals surface area contributed by atoms with E-state index in [-0.39, 0.29) is 12.3 Å². The van der Waals surface area contributed by atoms with E-state index in [1.807, 2.05) is 42.5 Å². The second-order valence-corrected chi connectivity index (χ2v) is 5.60. The fourth-order valence-electron chi connectivity index (χ4n) is 2.44. The lowest BCUT2D eigenvalue weighted by Gasteiger charge is -2.12. The first-order valence-electron chi connectivity index (χ1n) is 8.36. The van der Waals surface area contributed by atoms with Crippen LogP contribution in [-0.4, -0.2) is 26.7 Å². The first kappa shape index (κ1) is 18.6. The van der Waals surface area contributed by atoms with Gasteiger partial charge in [0.25, 0.3) is 0 Å². The van der Waals surface area contributed by atoms with E-state index in [2.05, 4.69) is 12.2 Å². The summed E-state index contributed by atoms with van der Waals surface area (Å²) in [7, 11) is 3.21. The topological polar surface area (TPSA) is 56.8 Å². The summed E-state index contributed by atoms with van der Waals surface area (Å²) in [5.74, 6) is 2.05. The summed E-state index contributed by atoms with van der Waals surface area (Å²) in [6.07, 6.45) is 1.21. The molecule has 25 heavy (non-hydrogen) atoms. The SMILES string of the molecule is CCCOc1ccc(CNC(=O)Cc2ccccc2OC)cc1OC. The van der Waals surface area contributed by atoms with Gasteiger partial charge in [-0.05, 0) is 30.2 Å². The van der Waals surface area contributed by atoms with Crippen LogP contribution in [0.5, 0.6) is 17.2 Å². The molecule has 1 amide bonds. The van der Waals surface area contributed by atoms with Crippen LogP contribution in [0, 0.1) is 0 Å². The smallest absolute Gasteiger partial charge is 0.224 e. The number of nitrogens with one attached hydrogen (secondary N) is 1. The summed E-state index contributed by atoms with van der Waals surface area (Å²) in [6, 6.07) is 13.2. The van der Waals surface area contributed by atoms with E-state index in [9.17, 15) is 4.79 Å². The number of amides is 1. The molecule has 0 saturated heterocycles. The zero-order valence-corrected chi connectivity index (χ0v) is 15.0. The molecule has 0 aliphatic rings. The highest BCUT2D eigenvalue weighted by Gasteiger charge is 2.09. The van der Waals surface area contributed by atoms with Gasteiger partial charge in [-0.25, -0.2) is 0 Å². The van der Waals surface area contributed by atoms with E-state index < -0.39 is 0 Å². The third-order valence-corrected chi connectivity index (χ3v) is 3.72. The average molecular weight is 343 g/mol. The predicted molar refractivity (Wildman–Crippen MR) is 97.3 cm³/mol. The number of methoxy groups -OCH3 is 2. The van der Waals surface area contributed by atoms with Gasteiger partial charge in [0.05, 0.1) is 27.2 Å². The van der Waals surface area contributed by atoms with Crippen LogP contribution < -0.4 is 19.5 Å². The quantitative estimate of drug-likeness (QED) is 0.759. The molecule has 0 spiro atoms. The Balaban J connectivity index is 1.95. The number of rotatable bonds is 9. The number of carbonyl (C=O) groups excluding carboxylic acids is 1. The van der Waals surface area contributed by atoms with Crippen molar-refractivity contribution in [3.63, 3.8) is 0 Å². The Kier molecular flexibility index (Phi) is 7.14. The third-order valence-electron chi connectivity index (χ3n) is 3.72. The minimum absolute atomic E-state index is 0.0604. The fraction of sp³-hybridized carbons (Fsp3) is 0.350. The largest absolute Gasteiger partial charge is 0.496 e. The van der Waals surface area contributed by atoms with Gasteiger partial charge in [0.1, 0.15) is 5.75 Å². The fourth-order valence-corrected chi connectivity index (χ4v) is 2.44. The van der Waals surface area contributed by atoms with Crippen molar-refractivity contribution in [2.75, 3.05) is 20.8 Å². The van der Waals surface area contributed by atoms with Crippen LogP contribution in [0.3, 0.4) is 0 Å². The molecule has 0 heterocycles. The molecule has 0 aliphatic heterocycles. The molecule has 1 N–H and O–H groups in total. The first-order chi connectivity index (χ1) is 12.2. The Bertz CT molecular complexity index is 700. The first-order valence-corrected chi connectivity index (χ1v) is 8.36. The number of carbonyl (C=O) groups is 1.